The molecule has 0 unspecified atom stereocenters. The fraction of sp³-hybridized carbons (Fsp3) is 0.600. The van der Waals surface area contributed by atoms with Gasteiger partial charge in [-0.1, -0.05) is 35.3 Å². The van der Waals surface area contributed by atoms with Crippen molar-refractivity contribution in [1.82, 2.24) is 9.80 Å². The predicted octanol–water partition coefficient (Wildman–Crippen LogP) is 5.23. The number of nitrogens with zero attached hydrogens (tertiary/aromatic N) is 2. The number of ether oxygens (including phenoxy) is 3. The Balaban J connectivity index is 2.14. The van der Waals surface area contributed by atoms with Crippen molar-refractivity contribution in [3.8, 4) is 0 Å². The molecule has 230 valence electrons. The number of rotatable bonds is 10. The molecule has 1 aromatic rings. The highest BCUT2D eigenvalue weighted by Crippen LogP contribution is 2.38. The Bertz CT molecular complexity index is 1280. The summed E-state index contributed by atoms with van der Waals surface area (Å²) in [5.41, 5.74) is -6.75. The van der Waals surface area contributed by atoms with Crippen LogP contribution in [0.1, 0.15) is 45.6 Å². The summed E-state index contributed by atoms with van der Waals surface area (Å²) in [5.74, 6) is -1.60. The van der Waals surface area contributed by atoms with Crippen molar-refractivity contribution in [2.75, 3.05) is 27.1 Å². The molecule has 1 aliphatic carbocycles. The van der Waals surface area contributed by atoms with Crippen LogP contribution in [0.15, 0.2) is 29.5 Å². The monoisotopic (exact) mass is 646 g/mol. The summed E-state index contributed by atoms with van der Waals surface area (Å²) < 4.78 is 84.4. The van der Waals surface area contributed by atoms with Crippen LogP contribution in [0, 0.1) is 0 Å². The van der Waals surface area contributed by atoms with Gasteiger partial charge in [0.05, 0.1) is 28.3 Å². The molecular formula is C25H31Cl2F3N2O8S. The van der Waals surface area contributed by atoms with E-state index in [0.29, 0.717) is 18.4 Å². The topological polar surface area (TPSA) is 112 Å². The minimum Gasteiger partial charge on any atom is -0.444 e. The number of benzene rings is 1. The van der Waals surface area contributed by atoms with Gasteiger partial charge in [-0.05, 0) is 45.2 Å². The molecule has 41 heavy (non-hydrogen) atoms. The van der Waals surface area contributed by atoms with Crippen LogP contribution in [0.25, 0.3) is 0 Å². The van der Waals surface area contributed by atoms with Crippen LogP contribution in [-0.2, 0) is 39.9 Å². The third kappa shape index (κ3) is 8.40. The first kappa shape index (κ1) is 33.2. The Morgan fingerprint density at radius 2 is 1.80 bits per heavy atom. The van der Waals surface area contributed by atoms with Gasteiger partial charge in [-0.15, -0.1) is 0 Å². The second-order valence-corrected chi connectivity index (χ2v) is 12.7. The lowest BCUT2D eigenvalue weighted by molar-refractivity contribution is -0.130. The molecule has 10 nitrogen and oxygen atoms in total. The SMILES string of the molecule is COCOC[C@@H]1C(C(=O)N(Cc2cccc(Cl)c2Cl)C2CC2)=C(OS(=O)(=O)C(F)(F)F)CCN1C(=O)OC(C)(C)C. The quantitative estimate of drug-likeness (QED) is 0.147. The molecule has 0 N–H and O–H groups in total. The van der Waals surface area contributed by atoms with Crippen LogP contribution in [0.5, 0.6) is 0 Å². The van der Waals surface area contributed by atoms with Gasteiger partial charge in [0.1, 0.15) is 18.2 Å². The molecule has 0 aromatic heterocycles. The van der Waals surface area contributed by atoms with Gasteiger partial charge in [0.25, 0.3) is 5.91 Å². The van der Waals surface area contributed by atoms with E-state index in [1.807, 2.05) is 0 Å². The Hall–Kier alpha value is -2.26. The second-order valence-electron chi connectivity index (χ2n) is 10.4. The van der Waals surface area contributed by atoms with Crippen molar-refractivity contribution >= 4 is 45.3 Å². The molecular weight excluding hydrogens is 616 g/mol. The van der Waals surface area contributed by atoms with Gasteiger partial charge in [0.2, 0.25) is 0 Å². The summed E-state index contributed by atoms with van der Waals surface area (Å²) in [7, 11) is -4.83. The van der Waals surface area contributed by atoms with Gasteiger partial charge in [-0.25, -0.2) is 4.79 Å². The Kier molecular flexibility index (Phi) is 10.5. The minimum atomic E-state index is -6.15. The average Bonchev–Trinajstić information content (AvgIpc) is 3.68. The third-order valence-corrected chi connectivity index (χ3v) is 7.89. The normalized spacial score (nSPS) is 18.4. The van der Waals surface area contributed by atoms with Gasteiger partial charge < -0.3 is 23.3 Å². The van der Waals surface area contributed by atoms with Crippen molar-refractivity contribution < 1.29 is 49.6 Å². The number of halogens is 5. The summed E-state index contributed by atoms with van der Waals surface area (Å²) in [5, 5.41) is 0.406. The van der Waals surface area contributed by atoms with E-state index < -0.39 is 63.6 Å². The number of methoxy groups -OCH3 is 1. The van der Waals surface area contributed by atoms with Crippen LogP contribution in [-0.4, -0.2) is 80.5 Å². The number of amides is 2. The maximum atomic E-state index is 14.2. The minimum absolute atomic E-state index is 0.0935. The molecule has 1 fully saturated rings. The Labute approximate surface area is 246 Å². The van der Waals surface area contributed by atoms with E-state index in [1.165, 1.54) is 12.0 Å². The summed E-state index contributed by atoms with van der Waals surface area (Å²) in [6, 6.07) is 3.09. The van der Waals surface area contributed by atoms with E-state index in [0.717, 1.165) is 4.90 Å². The molecule has 3 rings (SSSR count). The molecule has 2 amide bonds. The highest BCUT2D eigenvalue weighted by molar-refractivity contribution is 7.87. The molecule has 16 heteroatoms. The van der Waals surface area contributed by atoms with Gasteiger partial charge in [-0.2, -0.15) is 21.6 Å². The Morgan fingerprint density at radius 1 is 1.15 bits per heavy atom. The molecule has 2 aliphatic rings. The first-order valence-electron chi connectivity index (χ1n) is 12.5. The zero-order chi connectivity index (χ0) is 30.8. The first-order chi connectivity index (χ1) is 19.0. The van der Waals surface area contributed by atoms with Crippen molar-refractivity contribution in [2.45, 2.75) is 69.8 Å². The summed E-state index contributed by atoms with van der Waals surface area (Å²) in [4.78, 5) is 29.8. The van der Waals surface area contributed by atoms with Crippen molar-refractivity contribution in [2.24, 2.45) is 0 Å². The molecule has 1 saturated carbocycles. The van der Waals surface area contributed by atoms with Crippen molar-refractivity contribution in [1.29, 1.82) is 0 Å². The second kappa shape index (κ2) is 12.9. The third-order valence-electron chi connectivity index (χ3n) is 6.04. The van der Waals surface area contributed by atoms with Gasteiger partial charge in [0.15, 0.2) is 0 Å². The van der Waals surface area contributed by atoms with Crippen molar-refractivity contribution in [3.05, 3.63) is 45.1 Å². The summed E-state index contributed by atoms with van der Waals surface area (Å²) >= 11 is 12.5. The van der Waals surface area contributed by atoms with Crippen LogP contribution >= 0.6 is 23.2 Å². The van der Waals surface area contributed by atoms with E-state index in [-0.39, 0.29) is 36.0 Å². The highest BCUT2D eigenvalue weighted by Gasteiger charge is 2.51. The zero-order valence-corrected chi connectivity index (χ0v) is 25.1. The number of carbonyl (C=O) groups excluding carboxylic acids is 2. The molecule has 1 aliphatic heterocycles. The van der Waals surface area contributed by atoms with E-state index in [2.05, 4.69) is 4.18 Å². The van der Waals surface area contributed by atoms with Crippen LogP contribution in [0.3, 0.4) is 0 Å². The number of hydrogen-bond donors (Lipinski definition) is 0. The molecule has 1 aromatic carbocycles. The van der Waals surface area contributed by atoms with Crippen molar-refractivity contribution in [3.63, 3.8) is 0 Å². The average molecular weight is 647 g/mol. The van der Waals surface area contributed by atoms with Crippen LogP contribution < -0.4 is 0 Å². The molecule has 0 saturated heterocycles. The fourth-order valence-electron chi connectivity index (χ4n) is 4.10. The predicted molar refractivity (Wildman–Crippen MR) is 142 cm³/mol. The fourth-order valence-corrected chi connectivity index (χ4v) is 5.01. The van der Waals surface area contributed by atoms with E-state index >= 15 is 0 Å². The van der Waals surface area contributed by atoms with Gasteiger partial charge >= 0.3 is 21.7 Å². The smallest absolute Gasteiger partial charge is 0.444 e. The maximum absolute atomic E-state index is 14.2. The molecule has 0 bridgehead atoms. The van der Waals surface area contributed by atoms with E-state index in [1.54, 1.807) is 39.0 Å². The first-order valence-corrected chi connectivity index (χ1v) is 14.7. The van der Waals surface area contributed by atoms with Crippen LogP contribution in [0.2, 0.25) is 10.0 Å². The standard InChI is InChI=1S/C25H31Cl2F3N2O8S/c1-24(2,3)39-23(34)31-11-10-19(40-41(35,36)25(28,29)30)20(18(31)13-38-14-37-4)22(33)32(16-8-9-16)12-15-6-5-7-17(26)21(15)27/h5-7,16,18H,8-14H2,1-4H3/t18-/m1/s1. The zero-order valence-electron chi connectivity index (χ0n) is 22.8. The summed E-state index contributed by atoms with van der Waals surface area (Å²) in [6.07, 6.45) is -0.251. The molecule has 1 atom stereocenters. The Morgan fingerprint density at radius 3 is 2.37 bits per heavy atom. The lowest BCUT2D eigenvalue weighted by atomic mass is 9.97. The highest BCUT2D eigenvalue weighted by atomic mass is 35.5. The van der Waals surface area contributed by atoms with E-state index in [4.69, 9.17) is 37.4 Å². The summed E-state index contributed by atoms with van der Waals surface area (Å²) in [6.45, 7) is 3.69. The van der Waals surface area contributed by atoms with Crippen LogP contribution in [0.4, 0.5) is 18.0 Å². The number of alkyl halides is 3. The number of carbonyl (C=O) groups is 2. The lowest BCUT2D eigenvalue weighted by Gasteiger charge is -2.39. The largest absolute Gasteiger partial charge is 0.534 e. The van der Waals surface area contributed by atoms with E-state index in [9.17, 15) is 31.2 Å². The lowest BCUT2D eigenvalue weighted by Crippen LogP contribution is -2.53. The molecule has 0 radical (unpaired) electrons. The molecule has 0 spiro atoms. The number of hydrogen-bond acceptors (Lipinski definition) is 8. The van der Waals surface area contributed by atoms with Gasteiger partial charge in [-0.3, -0.25) is 9.69 Å². The maximum Gasteiger partial charge on any atom is 0.534 e. The molecule has 1 heterocycles. The van der Waals surface area contributed by atoms with Gasteiger partial charge in [0, 0.05) is 32.7 Å².